The maximum Gasteiger partial charge on any atom is 0.326 e. The highest BCUT2D eigenvalue weighted by molar-refractivity contribution is 6.90. The summed E-state index contributed by atoms with van der Waals surface area (Å²) in [5.74, 6) is -17.4. The van der Waals surface area contributed by atoms with Crippen LogP contribution < -0.4 is 47.7 Å². The molecule has 1 fully saturated rings. The molecule has 0 radical (unpaired) electrons. The van der Waals surface area contributed by atoms with Crippen molar-refractivity contribution < 1.29 is 127 Å². The highest BCUT2D eigenvalue weighted by atomic mass is 28.4. The number of carbonyl (C=O) groups is 16. The van der Waals surface area contributed by atoms with Crippen LogP contribution in [0, 0.1) is 0 Å². The molecule has 17 N–H and O–H groups in total. The van der Waals surface area contributed by atoms with Crippen molar-refractivity contribution in [2.75, 3.05) is 91.6 Å². The van der Waals surface area contributed by atoms with Crippen LogP contribution >= 0.6 is 0 Å². The van der Waals surface area contributed by atoms with E-state index in [1.54, 1.807) is 41.5 Å². The van der Waals surface area contributed by atoms with Crippen molar-refractivity contribution in [3.8, 4) is 0 Å². The maximum atomic E-state index is 17.2. The SMILES string of the molecule is CC(C)(C)[Si](F)(c1ccc(C(=O)N[C@@H](CNC(=O)CC[C@@H](C(=O)O)N2CCN(CC(=O)O)CCN(CC(=O)O)CCN(CC(=O)O)CC2)C(=O)N[C@@H](CCCCNC(=O)CCC(=O)NCCC[C@@H](NC(=O)CC[C@H](NC(=O)N[C@@H](CCC(=O)O)C(=O)O)C(=O)O)C(=O)O)C(=O)O)cc1)C(C)(C)C. The van der Waals surface area contributed by atoms with E-state index in [2.05, 4.69) is 31.9 Å². The lowest BCUT2D eigenvalue weighted by molar-refractivity contribution is -0.145. The van der Waals surface area contributed by atoms with Gasteiger partial charge in [0, 0.05) is 110 Å². The lowest BCUT2D eigenvalue weighted by Gasteiger charge is -2.44. The maximum absolute atomic E-state index is 17.2. The Morgan fingerprint density at radius 1 is 0.412 bits per heavy atom. The Labute approximate surface area is 588 Å². The van der Waals surface area contributed by atoms with Gasteiger partial charge in [-0.15, -0.1) is 0 Å². The zero-order chi connectivity index (χ0) is 77.2. The van der Waals surface area contributed by atoms with E-state index in [0.717, 1.165) is 0 Å². The van der Waals surface area contributed by atoms with Gasteiger partial charge < -0.3 is 92.6 Å². The number of nitrogens with one attached hydrogen (secondary N) is 8. The van der Waals surface area contributed by atoms with Gasteiger partial charge in [0.05, 0.1) is 19.6 Å². The molecule has 39 heteroatoms. The van der Waals surface area contributed by atoms with Crippen LogP contribution in [0.3, 0.4) is 0 Å². The summed E-state index contributed by atoms with van der Waals surface area (Å²) in [4.78, 5) is 204. The molecular formula is C63H99FN12O25Si. The van der Waals surface area contributed by atoms with Gasteiger partial charge in [0.15, 0.2) is 0 Å². The number of hydrogen-bond acceptors (Lipinski definition) is 20. The van der Waals surface area contributed by atoms with Gasteiger partial charge in [0.25, 0.3) is 14.3 Å². The van der Waals surface area contributed by atoms with Crippen molar-refractivity contribution in [1.29, 1.82) is 0 Å². The van der Waals surface area contributed by atoms with E-state index in [4.69, 9.17) is 5.11 Å². The van der Waals surface area contributed by atoms with Crippen LogP contribution in [0.5, 0.6) is 0 Å². The number of aliphatic carboxylic acids is 9. The molecule has 0 bridgehead atoms. The molecule has 2 rings (SSSR count). The van der Waals surface area contributed by atoms with E-state index in [-0.39, 0.29) is 122 Å². The van der Waals surface area contributed by atoms with Crippen molar-refractivity contribution in [1.82, 2.24) is 62.1 Å². The number of amides is 8. The van der Waals surface area contributed by atoms with Gasteiger partial charge in [-0.25, -0.2) is 24.0 Å². The van der Waals surface area contributed by atoms with Crippen molar-refractivity contribution in [2.45, 2.75) is 171 Å². The lowest BCUT2D eigenvalue weighted by atomic mass is 10.1. The molecule has 37 nitrogen and oxygen atoms in total. The number of nitrogens with zero attached hydrogens (tertiary/aromatic N) is 4. The molecule has 0 unspecified atom stereocenters. The molecule has 1 aromatic rings. The second-order valence-electron chi connectivity index (χ2n) is 26.6. The molecule has 8 amide bonds. The molecule has 0 saturated carbocycles. The molecular weight excluding hydrogens is 1370 g/mol. The number of unbranched alkanes of at least 4 members (excludes halogenated alkanes) is 1. The van der Waals surface area contributed by atoms with Gasteiger partial charge >= 0.3 is 59.8 Å². The topological polar surface area (TPSA) is 564 Å². The average molecular weight is 1470 g/mol. The minimum Gasteiger partial charge on any atom is -0.481 e. The van der Waals surface area contributed by atoms with E-state index < -0.39 is 208 Å². The first kappa shape index (κ1) is 88.6. The summed E-state index contributed by atoms with van der Waals surface area (Å²) < 4.78 is 17.2. The number of carbonyl (C=O) groups excluding carboxylic acids is 7. The van der Waals surface area contributed by atoms with Crippen molar-refractivity contribution in [3.05, 3.63) is 29.8 Å². The van der Waals surface area contributed by atoms with Crippen LogP contribution in [0.2, 0.25) is 10.1 Å². The molecule has 1 saturated heterocycles. The summed E-state index contributed by atoms with van der Waals surface area (Å²) >= 11 is 0. The first-order valence-electron chi connectivity index (χ1n) is 33.0. The Morgan fingerprint density at radius 2 is 0.804 bits per heavy atom. The Kier molecular flexibility index (Phi) is 37.7. The second-order valence-corrected chi connectivity index (χ2v) is 31.5. The van der Waals surface area contributed by atoms with Gasteiger partial charge in [-0.3, -0.25) is 72.3 Å². The summed E-state index contributed by atoms with van der Waals surface area (Å²) in [5, 5.41) is 104. The lowest BCUT2D eigenvalue weighted by Crippen LogP contribution is -2.58. The third-order valence-electron chi connectivity index (χ3n) is 16.6. The quantitative estimate of drug-likeness (QED) is 0.0197. The fourth-order valence-corrected chi connectivity index (χ4v) is 16.0. The zero-order valence-corrected chi connectivity index (χ0v) is 59.1. The third kappa shape index (κ3) is 32.9. The smallest absolute Gasteiger partial charge is 0.326 e. The number of hydrogen-bond donors (Lipinski definition) is 17. The van der Waals surface area contributed by atoms with Gasteiger partial charge in [-0.1, -0.05) is 53.7 Å². The fraction of sp³-hybridized carbons (Fsp3) is 0.651. The molecule has 1 aromatic carbocycles. The molecule has 572 valence electrons. The number of carboxylic acid groups (broad SMARTS) is 9. The molecule has 6 atom stereocenters. The van der Waals surface area contributed by atoms with E-state index in [9.17, 15) is 118 Å². The standard InChI is InChI=1S/C63H99FN12O25Si/c1-62(2,3)102(64,63(4,5)6)39-14-12-38(13-15-39)54(89)70-44(34-67-48(79)20-18-45(60(99)100)76-32-30-74(36-52(85)86)28-26-73(35-51(83)84)27-29-75(31-33-76)37-53(87)88)55(90)69-41(57(93)94)10-7-8-24-65-46(77)21-22-47(78)66-25-9-11-40(56(91)92)68-49(80)19-16-42(58(95)96)71-61(101)72-43(59(97)98)17-23-50(81)82/h12-15,40-45H,7-11,16-37H2,1-6H3,(H,65,77)(H,66,78)(H,67,79)(H,68,80)(H,69,90)(H,70,89)(H,81,82)(H,83,84)(H,85,86)(H,87,88)(H,91,92)(H,93,94)(H,95,96)(H,97,98)(H,99,100)(H2,71,72,101)/t40-,41+,42+,43+,44+,45+/m1/s1. The summed E-state index contributed by atoms with van der Waals surface area (Å²) in [5.41, 5.74) is -0.0342. The van der Waals surface area contributed by atoms with Crippen LogP contribution in [-0.2, 0) is 67.1 Å². The van der Waals surface area contributed by atoms with Crippen molar-refractivity contribution in [3.63, 3.8) is 0 Å². The third-order valence-corrected chi connectivity index (χ3v) is 21.9. The highest BCUT2D eigenvalue weighted by Gasteiger charge is 2.56. The van der Waals surface area contributed by atoms with Crippen LogP contribution in [0.1, 0.15) is 135 Å². The van der Waals surface area contributed by atoms with E-state index in [0.29, 0.717) is 5.19 Å². The van der Waals surface area contributed by atoms with Crippen LogP contribution in [-0.4, -0.2) is 297 Å². The normalized spacial score (nSPS) is 15.6. The minimum atomic E-state index is -3.81. The van der Waals surface area contributed by atoms with Crippen molar-refractivity contribution >= 4 is 109 Å². The number of rotatable bonds is 43. The molecule has 0 aromatic heterocycles. The van der Waals surface area contributed by atoms with Gasteiger partial charge in [-0.05, 0) is 78.8 Å². The van der Waals surface area contributed by atoms with Gasteiger partial charge in [0.1, 0.15) is 36.3 Å². The van der Waals surface area contributed by atoms with E-state index >= 15 is 4.11 Å². The zero-order valence-electron chi connectivity index (χ0n) is 58.1. The number of halogens is 1. The number of urea groups is 1. The summed E-state index contributed by atoms with van der Waals surface area (Å²) in [6, 6.07) is -5.23. The molecule has 1 aliphatic heterocycles. The minimum absolute atomic E-state index is 0.000572. The van der Waals surface area contributed by atoms with Crippen LogP contribution in [0.15, 0.2) is 24.3 Å². The highest BCUT2D eigenvalue weighted by Crippen LogP contribution is 2.51. The summed E-state index contributed by atoms with van der Waals surface area (Å²) in [6.07, 6.45) is -4.07. The molecule has 1 heterocycles. The fourth-order valence-electron chi connectivity index (χ4n) is 11.3. The van der Waals surface area contributed by atoms with E-state index in [1.807, 2.05) is 10.6 Å². The first-order chi connectivity index (χ1) is 47.5. The summed E-state index contributed by atoms with van der Waals surface area (Å²) in [7, 11) is -3.81. The first-order valence-corrected chi connectivity index (χ1v) is 34.9. The molecule has 102 heavy (non-hydrogen) atoms. The predicted molar refractivity (Wildman–Crippen MR) is 359 cm³/mol. The van der Waals surface area contributed by atoms with Crippen LogP contribution in [0.4, 0.5) is 8.90 Å². The van der Waals surface area contributed by atoms with Gasteiger partial charge in [0.2, 0.25) is 29.5 Å². The largest absolute Gasteiger partial charge is 0.481 e. The summed E-state index contributed by atoms with van der Waals surface area (Å²) in [6.45, 7) is 8.55. The number of carboxylic acids is 9. The van der Waals surface area contributed by atoms with Crippen molar-refractivity contribution in [2.24, 2.45) is 0 Å². The second kappa shape index (κ2) is 43.4. The monoisotopic (exact) mass is 1470 g/mol. The van der Waals surface area contributed by atoms with Crippen LogP contribution in [0.25, 0.3) is 0 Å². The predicted octanol–water partition coefficient (Wildman–Crippen LogP) is -1.72. The molecule has 1 aliphatic rings. The Balaban J connectivity index is 2.13. The van der Waals surface area contributed by atoms with E-state index in [1.165, 1.54) is 43.9 Å². The molecule has 0 aliphatic carbocycles. The molecule has 0 spiro atoms. The average Bonchev–Trinajstić information content (AvgIpc) is 0.748. The Bertz CT molecular complexity index is 3050. The number of benzene rings is 1. The Hall–Kier alpha value is -9.47. The van der Waals surface area contributed by atoms with Gasteiger partial charge in [-0.2, -0.15) is 0 Å². The Morgan fingerprint density at radius 3 is 1.23 bits per heavy atom.